The lowest BCUT2D eigenvalue weighted by Gasteiger charge is -2.06. The summed E-state index contributed by atoms with van der Waals surface area (Å²) in [6, 6.07) is 11.1. The average molecular weight is 349 g/mol. The normalized spacial score (nSPS) is 10.9. The van der Waals surface area contributed by atoms with Gasteiger partial charge in [0.15, 0.2) is 5.58 Å². The minimum absolute atomic E-state index is 0.0750. The van der Waals surface area contributed by atoms with Gasteiger partial charge in [-0.2, -0.15) is 0 Å². The van der Waals surface area contributed by atoms with E-state index in [0.717, 1.165) is 0 Å². The van der Waals surface area contributed by atoms with Gasteiger partial charge in [0.2, 0.25) is 5.91 Å². The minimum Gasteiger partial charge on any atom is -0.408 e. The number of oxazole rings is 1. The maximum absolute atomic E-state index is 13.5. The van der Waals surface area contributed by atoms with Crippen molar-refractivity contribution in [1.82, 2.24) is 9.88 Å². The zero-order valence-electron chi connectivity index (χ0n) is 12.6. The first kappa shape index (κ1) is 16.3. The number of hydrogen-bond donors (Lipinski definition) is 1. The first-order valence-electron chi connectivity index (χ1n) is 7.33. The number of nitrogens with zero attached hydrogens (tertiary/aromatic N) is 1. The maximum Gasteiger partial charge on any atom is 0.419 e. The van der Waals surface area contributed by atoms with Gasteiger partial charge in [0, 0.05) is 36.2 Å². The van der Waals surface area contributed by atoms with Crippen molar-refractivity contribution in [3.05, 3.63) is 69.4 Å². The second-order valence-corrected chi connectivity index (χ2v) is 5.69. The molecule has 1 aromatic heterocycles. The predicted molar refractivity (Wildman–Crippen MR) is 88.3 cm³/mol. The molecule has 2 aromatic carbocycles. The molecule has 0 fully saturated rings. The molecule has 3 aromatic rings. The summed E-state index contributed by atoms with van der Waals surface area (Å²) in [6.07, 6.45) is 0.0750. The molecule has 0 saturated carbocycles. The van der Waals surface area contributed by atoms with Crippen molar-refractivity contribution in [2.24, 2.45) is 0 Å². The second kappa shape index (κ2) is 6.88. The first-order valence-corrected chi connectivity index (χ1v) is 7.71. The van der Waals surface area contributed by atoms with Gasteiger partial charge in [-0.3, -0.25) is 9.36 Å². The van der Waals surface area contributed by atoms with Gasteiger partial charge in [0.25, 0.3) is 0 Å². The van der Waals surface area contributed by atoms with Crippen molar-refractivity contribution in [1.29, 1.82) is 0 Å². The summed E-state index contributed by atoms with van der Waals surface area (Å²) < 4.78 is 20.0. The molecule has 0 atom stereocenters. The van der Waals surface area contributed by atoms with Crippen molar-refractivity contribution in [3.63, 3.8) is 0 Å². The number of aromatic nitrogens is 1. The van der Waals surface area contributed by atoms with Crippen LogP contribution in [0.2, 0.25) is 5.02 Å². The number of aryl methyl sites for hydroxylation is 1. The summed E-state index contributed by atoms with van der Waals surface area (Å²) in [5.41, 5.74) is 1.36. The van der Waals surface area contributed by atoms with Gasteiger partial charge < -0.3 is 9.73 Å². The van der Waals surface area contributed by atoms with Gasteiger partial charge in [-0.1, -0.05) is 29.8 Å². The van der Waals surface area contributed by atoms with Crippen LogP contribution in [-0.4, -0.2) is 10.5 Å². The Morgan fingerprint density at radius 2 is 2.04 bits per heavy atom. The average Bonchev–Trinajstić information content (AvgIpc) is 2.86. The number of carbonyl (C=O) groups excluding carboxylic acids is 1. The van der Waals surface area contributed by atoms with E-state index in [1.807, 2.05) is 0 Å². The van der Waals surface area contributed by atoms with Gasteiger partial charge in [-0.15, -0.1) is 0 Å². The van der Waals surface area contributed by atoms with Crippen molar-refractivity contribution < 1.29 is 13.6 Å². The van der Waals surface area contributed by atoms with Crippen molar-refractivity contribution >= 4 is 28.6 Å². The Morgan fingerprint density at radius 1 is 1.25 bits per heavy atom. The van der Waals surface area contributed by atoms with Crippen LogP contribution >= 0.6 is 11.6 Å². The molecular formula is C17H14ClFN2O3. The maximum atomic E-state index is 13.5. The highest BCUT2D eigenvalue weighted by atomic mass is 35.5. The highest BCUT2D eigenvalue weighted by molar-refractivity contribution is 6.31. The zero-order chi connectivity index (χ0) is 17.1. The van der Waals surface area contributed by atoms with Crippen LogP contribution in [0.15, 0.2) is 51.7 Å². The fourth-order valence-electron chi connectivity index (χ4n) is 2.39. The van der Waals surface area contributed by atoms with Crippen LogP contribution in [-0.2, 0) is 17.9 Å². The van der Waals surface area contributed by atoms with E-state index in [1.165, 1.54) is 10.6 Å². The Kier molecular flexibility index (Phi) is 4.66. The van der Waals surface area contributed by atoms with Crippen molar-refractivity contribution in [2.75, 3.05) is 0 Å². The smallest absolute Gasteiger partial charge is 0.408 e. The Labute approximate surface area is 141 Å². The predicted octanol–water partition coefficient (Wildman–Crippen LogP) is 3.09. The van der Waals surface area contributed by atoms with E-state index in [2.05, 4.69) is 5.32 Å². The molecule has 0 radical (unpaired) electrons. The van der Waals surface area contributed by atoms with Gasteiger partial charge >= 0.3 is 5.76 Å². The highest BCUT2D eigenvalue weighted by Crippen LogP contribution is 2.18. The quantitative estimate of drug-likeness (QED) is 0.770. The lowest BCUT2D eigenvalue weighted by atomic mass is 10.2. The number of amides is 1. The Balaban J connectivity index is 1.64. The lowest BCUT2D eigenvalue weighted by Crippen LogP contribution is -2.26. The van der Waals surface area contributed by atoms with Crippen molar-refractivity contribution in [3.8, 4) is 0 Å². The van der Waals surface area contributed by atoms with Gasteiger partial charge in [-0.25, -0.2) is 9.18 Å². The van der Waals surface area contributed by atoms with Crippen LogP contribution in [0, 0.1) is 5.82 Å². The Bertz CT molecular complexity index is 948. The molecule has 5 nitrogen and oxygen atoms in total. The zero-order valence-corrected chi connectivity index (χ0v) is 13.3. The topological polar surface area (TPSA) is 64.2 Å². The molecule has 1 heterocycles. The molecular weight excluding hydrogens is 335 g/mol. The van der Waals surface area contributed by atoms with Crippen LogP contribution in [0.5, 0.6) is 0 Å². The monoisotopic (exact) mass is 348 g/mol. The number of halogens is 2. The molecule has 1 N–H and O–H groups in total. The summed E-state index contributed by atoms with van der Waals surface area (Å²) in [5.74, 6) is -1.20. The lowest BCUT2D eigenvalue weighted by molar-refractivity contribution is -0.121. The van der Waals surface area contributed by atoms with Crippen LogP contribution in [0.4, 0.5) is 4.39 Å². The summed E-state index contributed by atoms with van der Waals surface area (Å²) >= 11 is 5.85. The summed E-state index contributed by atoms with van der Waals surface area (Å²) in [4.78, 5) is 23.8. The number of fused-ring (bicyclic) bond motifs is 1. The Hall–Kier alpha value is -2.60. The first-order chi connectivity index (χ1) is 11.5. The third kappa shape index (κ3) is 3.49. The molecule has 0 bridgehead atoms. The largest absolute Gasteiger partial charge is 0.419 e. The number of benzene rings is 2. The molecule has 0 aliphatic carbocycles. The van der Waals surface area contributed by atoms with E-state index in [1.54, 1.807) is 36.4 Å². The van der Waals surface area contributed by atoms with Crippen LogP contribution < -0.4 is 11.1 Å². The van der Waals surface area contributed by atoms with E-state index in [9.17, 15) is 14.0 Å². The molecule has 7 heteroatoms. The summed E-state index contributed by atoms with van der Waals surface area (Å²) in [6.45, 7) is 0.263. The number of hydrogen-bond acceptors (Lipinski definition) is 3. The standard InChI is InChI=1S/C17H14ClFN2O3/c18-12-5-6-14-15(9-12)24-17(23)21(14)8-7-16(22)20-10-11-3-1-2-4-13(11)19/h1-6,9H,7-8,10H2,(H,20,22). The van der Waals surface area contributed by atoms with Gasteiger partial charge in [0.1, 0.15) is 5.82 Å². The van der Waals surface area contributed by atoms with Crippen LogP contribution in [0.1, 0.15) is 12.0 Å². The summed E-state index contributed by atoms with van der Waals surface area (Å²) in [7, 11) is 0. The highest BCUT2D eigenvalue weighted by Gasteiger charge is 2.11. The number of nitrogens with one attached hydrogen (secondary N) is 1. The second-order valence-electron chi connectivity index (χ2n) is 5.25. The molecule has 0 unspecified atom stereocenters. The number of carbonyl (C=O) groups is 1. The van der Waals surface area contributed by atoms with Gasteiger partial charge in [0.05, 0.1) is 5.52 Å². The van der Waals surface area contributed by atoms with E-state index in [-0.39, 0.29) is 31.2 Å². The fourth-order valence-corrected chi connectivity index (χ4v) is 2.55. The van der Waals surface area contributed by atoms with E-state index >= 15 is 0 Å². The van der Waals surface area contributed by atoms with E-state index < -0.39 is 5.76 Å². The molecule has 124 valence electrons. The van der Waals surface area contributed by atoms with Crippen LogP contribution in [0.3, 0.4) is 0 Å². The van der Waals surface area contributed by atoms with Gasteiger partial charge in [-0.05, 0) is 18.2 Å². The molecule has 24 heavy (non-hydrogen) atoms. The number of rotatable bonds is 5. The SMILES string of the molecule is O=C(CCn1c(=O)oc2cc(Cl)ccc21)NCc1ccccc1F. The molecule has 1 amide bonds. The molecule has 3 rings (SSSR count). The Morgan fingerprint density at radius 3 is 2.83 bits per heavy atom. The van der Waals surface area contributed by atoms with E-state index in [0.29, 0.717) is 21.7 Å². The van der Waals surface area contributed by atoms with E-state index in [4.69, 9.17) is 16.0 Å². The third-order valence-corrected chi connectivity index (χ3v) is 3.86. The summed E-state index contributed by atoms with van der Waals surface area (Å²) in [5, 5.41) is 3.10. The molecule has 0 aliphatic rings. The molecule has 0 spiro atoms. The minimum atomic E-state index is -0.547. The fraction of sp³-hybridized carbons (Fsp3) is 0.176. The van der Waals surface area contributed by atoms with Crippen molar-refractivity contribution in [2.45, 2.75) is 19.5 Å². The third-order valence-electron chi connectivity index (χ3n) is 3.63. The van der Waals surface area contributed by atoms with Crippen LogP contribution in [0.25, 0.3) is 11.1 Å². The molecule has 0 aliphatic heterocycles. The molecule has 0 saturated heterocycles.